The second-order valence-corrected chi connectivity index (χ2v) is 3.05. The molecular formula is C8H11NO. The van der Waals surface area contributed by atoms with Crippen LogP contribution in [-0.2, 0) is 4.79 Å². The maximum atomic E-state index is 11.1. The Morgan fingerprint density at radius 3 is 3.20 bits per heavy atom. The van der Waals surface area contributed by atoms with Gasteiger partial charge in [-0.1, -0.05) is 6.08 Å². The van der Waals surface area contributed by atoms with Gasteiger partial charge in [0, 0.05) is 18.2 Å². The molecule has 0 aromatic carbocycles. The lowest BCUT2D eigenvalue weighted by atomic mass is 10.2. The Morgan fingerprint density at radius 2 is 2.50 bits per heavy atom. The van der Waals surface area contributed by atoms with Crippen molar-refractivity contribution in [1.29, 1.82) is 0 Å². The smallest absolute Gasteiger partial charge is 0.230 e. The molecule has 0 aromatic rings. The Hall–Kier alpha value is -0.790. The van der Waals surface area contributed by atoms with E-state index in [1.807, 2.05) is 4.90 Å². The summed E-state index contributed by atoms with van der Waals surface area (Å²) in [7, 11) is 0. The summed E-state index contributed by atoms with van der Waals surface area (Å²) in [6, 6.07) is 0.459. The van der Waals surface area contributed by atoms with Gasteiger partial charge in [0.2, 0.25) is 5.91 Å². The molecule has 2 nitrogen and oxygen atoms in total. The zero-order valence-corrected chi connectivity index (χ0v) is 6.13. The minimum atomic E-state index is 0.292. The van der Waals surface area contributed by atoms with Crippen LogP contribution in [0.25, 0.3) is 0 Å². The highest BCUT2D eigenvalue weighted by Crippen LogP contribution is 2.32. The summed E-state index contributed by atoms with van der Waals surface area (Å²) < 4.78 is 0. The van der Waals surface area contributed by atoms with Crippen molar-refractivity contribution in [3.05, 3.63) is 11.8 Å². The van der Waals surface area contributed by atoms with Gasteiger partial charge in [-0.15, -0.1) is 0 Å². The minimum absolute atomic E-state index is 0.292. The van der Waals surface area contributed by atoms with Crippen molar-refractivity contribution < 1.29 is 4.79 Å². The minimum Gasteiger partial charge on any atom is -0.313 e. The molecule has 2 aliphatic rings. The topological polar surface area (TPSA) is 20.3 Å². The first-order valence-corrected chi connectivity index (χ1v) is 3.80. The quantitative estimate of drug-likeness (QED) is 0.492. The first kappa shape index (κ1) is 5.96. The van der Waals surface area contributed by atoms with Gasteiger partial charge < -0.3 is 4.90 Å². The molecule has 0 aliphatic carbocycles. The van der Waals surface area contributed by atoms with Gasteiger partial charge in [0.15, 0.2) is 0 Å². The molecule has 2 heteroatoms. The van der Waals surface area contributed by atoms with E-state index in [9.17, 15) is 4.79 Å². The molecule has 0 N–H and O–H groups in total. The molecule has 2 heterocycles. The summed E-state index contributed by atoms with van der Waals surface area (Å²) in [5.41, 5.74) is 1.26. The average molecular weight is 137 g/mol. The van der Waals surface area contributed by atoms with Gasteiger partial charge in [-0.25, -0.2) is 0 Å². The van der Waals surface area contributed by atoms with Crippen molar-refractivity contribution in [2.45, 2.75) is 32.2 Å². The molecule has 54 valence electrons. The lowest BCUT2D eigenvalue weighted by Gasteiger charge is -2.17. The van der Waals surface area contributed by atoms with E-state index in [0.29, 0.717) is 18.4 Å². The van der Waals surface area contributed by atoms with E-state index in [1.165, 1.54) is 5.70 Å². The first-order chi connectivity index (χ1) is 4.79. The van der Waals surface area contributed by atoms with Crippen molar-refractivity contribution in [1.82, 2.24) is 4.90 Å². The molecule has 1 atom stereocenters. The monoisotopic (exact) mass is 137 g/mol. The largest absolute Gasteiger partial charge is 0.313 e. The Morgan fingerprint density at radius 1 is 1.70 bits per heavy atom. The number of hydrogen-bond acceptors (Lipinski definition) is 1. The molecule has 0 saturated carbocycles. The number of fused-ring (bicyclic) bond motifs is 1. The fourth-order valence-corrected chi connectivity index (χ4v) is 1.80. The van der Waals surface area contributed by atoms with Gasteiger partial charge in [0.25, 0.3) is 0 Å². The third-order valence-corrected chi connectivity index (χ3v) is 2.35. The standard InChI is InChI=1S/C8H11NO/c1-6-2-3-7-4-5-8(10)9(6)7/h4,6H,2-3,5H2,1H3. The molecule has 0 spiro atoms. The third-order valence-electron chi connectivity index (χ3n) is 2.35. The molecule has 2 aliphatic heterocycles. The van der Waals surface area contributed by atoms with Crippen LogP contribution in [0.3, 0.4) is 0 Å². The van der Waals surface area contributed by atoms with E-state index in [-0.39, 0.29) is 0 Å². The fourth-order valence-electron chi connectivity index (χ4n) is 1.80. The maximum Gasteiger partial charge on any atom is 0.230 e. The van der Waals surface area contributed by atoms with Crippen LogP contribution in [0.15, 0.2) is 11.8 Å². The Kier molecular flexibility index (Phi) is 1.10. The lowest BCUT2D eigenvalue weighted by Crippen LogP contribution is -2.28. The predicted octanol–water partition coefficient (Wildman–Crippen LogP) is 1.28. The van der Waals surface area contributed by atoms with E-state index >= 15 is 0 Å². The highest BCUT2D eigenvalue weighted by molar-refractivity contribution is 5.83. The number of rotatable bonds is 0. The fraction of sp³-hybridized carbons (Fsp3) is 0.625. The third kappa shape index (κ3) is 0.618. The van der Waals surface area contributed by atoms with Crippen LogP contribution in [0.2, 0.25) is 0 Å². The lowest BCUT2D eigenvalue weighted by molar-refractivity contribution is -0.127. The van der Waals surface area contributed by atoms with Gasteiger partial charge in [0.1, 0.15) is 0 Å². The van der Waals surface area contributed by atoms with E-state index in [2.05, 4.69) is 13.0 Å². The van der Waals surface area contributed by atoms with E-state index in [0.717, 1.165) is 12.8 Å². The number of carbonyl (C=O) groups excluding carboxylic acids is 1. The number of amides is 1. The van der Waals surface area contributed by atoms with Crippen molar-refractivity contribution in [3.8, 4) is 0 Å². The zero-order chi connectivity index (χ0) is 7.14. The normalized spacial score (nSPS) is 30.9. The molecule has 0 radical (unpaired) electrons. The maximum absolute atomic E-state index is 11.1. The Bertz CT molecular complexity index is 207. The molecule has 1 fully saturated rings. The highest BCUT2D eigenvalue weighted by Gasteiger charge is 2.32. The van der Waals surface area contributed by atoms with Gasteiger partial charge in [-0.2, -0.15) is 0 Å². The zero-order valence-electron chi connectivity index (χ0n) is 6.13. The molecule has 10 heavy (non-hydrogen) atoms. The highest BCUT2D eigenvalue weighted by atomic mass is 16.2. The SMILES string of the molecule is CC1CCC2=CCC(=O)N21. The van der Waals surface area contributed by atoms with Crippen LogP contribution >= 0.6 is 0 Å². The Labute approximate surface area is 60.5 Å². The van der Waals surface area contributed by atoms with Gasteiger partial charge in [0.05, 0.1) is 0 Å². The first-order valence-electron chi connectivity index (χ1n) is 3.80. The van der Waals surface area contributed by atoms with Crippen LogP contribution < -0.4 is 0 Å². The number of carbonyl (C=O) groups is 1. The average Bonchev–Trinajstić information content (AvgIpc) is 2.40. The second-order valence-electron chi connectivity index (χ2n) is 3.05. The van der Waals surface area contributed by atoms with Gasteiger partial charge >= 0.3 is 0 Å². The van der Waals surface area contributed by atoms with Crippen LogP contribution in [-0.4, -0.2) is 16.8 Å². The molecule has 1 saturated heterocycles. The molecule has 0 bridgehead atoms. The van der Waals surface area contributed by atoms with Crippen molar-refractivity contribution >= 4 is 5.91 Å². The number of nitrogens with zero attached hydrogens (tertiary/aromatic N) is 1. The second kappa shape index (κ2) is 1.84. The summed E-state index contributed by atoms with van der Waals surface area (Å²) in [6.45, 7) is 2.12. The molecular weight excluding hydrogens is 126 g/mol. The summed E-state index contributed by atoms with van der Waals surface area (Å²) in [6.07, 6.45) is 4.95. The van der Waals surface area contributed by atoms with Crippen LogP contribution in [0.4, 0.5) is 0 Å². The summed E-state index contributed by atoms with van der Waals surface area (Å²) in [4.78, 5) is 13.1. The van der Waals surface area contributed by atoms with Crippen LogP contribution in [0, 0.1) is 0 Å². The predicted molar refractivity (Wildman–Crippen MR) is 38.2 cm³/mol. The molecule has 0 aromatic heterocycles. The Balaban J connectivity index is 2.29. The van der Waals surface area contributed by atoms with Gasteiger partial charge in [-0.3, -0.25) is 4.79 Å². The van der Waals surface area contributed by atoms with Crippen LogP contribution in [0.5, 0.6) is 0 Å². The van der Waals surface area contributed by atoms with Crippen molar-refractivity contribution in [3.63, 3.8) is 0 Å². The molecule has 1 amide bonds. The molecule has 1 unspecified atom stereocenters. The van der Waals surface area contributed by atoms with E-state index in [1.54, 1.807) is 0 Å². The van der Waals surface area contributed by atoms with Crippen molar-refractivity contribution in [2.75, 3.05) is 0 Å². The number of allylic oxidation sites excluding steroid dienone is 1. The van der Waals surface area contributed by atoms with Crippen molar-refractivity contribution in [2.24, 2.45) is 0 Å². The van der Waals surface area contributed by atoms with Gasteiger partial charge in [-0.05, 0) is 19.8 Å². The summed E-state index contributed by atoms with van der Waals surface area (Å²) in [5.74, 6) is 0.292. The molecule has 2 rings (SSSR count). The summed E-state index contributed by atoms with van der Waals surface area (Å²) >= 11 is 0. The van der Waals surface area contributed by atoms with E-state index < -0.39 is 0 Å². The number of hydrogen-bond donors (Lipinski definition) is 0. The van der Waals surface area contributed by atoms with Crippen LogP contribution in [0.1, 0.15) is 26.2 Å². The summed E-state index contributed by atoms with van der Waals surface area (Å²) in [5, 5.41) is 0. The van der Waals surface area contributed by atoms with E-state index in [4.69, 9.17) is 0 Å².